The molecule has 1 heteroatoms. The van der Waals surface area contributed by atoms with Gasteiger partial charge in [0.05, 0.1) is 0 Å². The molecule has 0 amide bonds. The quantitative estimate of drug-likeness (QED) is 0.524. The van der Waals surface area contributed by atoms with Crippen LogP contribution in [0.25, 0.3) is 28.1 Å². The maximum atomic E-state index is 3.65. The Labute approximate surface area is 137 Å². The molecule has 1 N–H and O–H groups in total. The van der Waals surface area contributed by atoms with Crippen LogP contribution in [0, 0.1) is 0 Å². The van der Waals surface area contributed by atoms with Gasteiger partial charge in [-0.25, -0.2) is 0 Å². The second kappa shape index (κ2) is 4.17. The lowest BCUT2D eigenvalue weighted by atomic mass is 9.82. The van der Waals surface area contributed by atoms with Crippen LogP contribution in [0.15, 0.2) is 42.5 Å². The summed E-state index contributed by atoms with van der Waals surface area (Å²) in [7, 11) is 0. The van der Waals surface area contributed by atoms with Gasteiger partial charge >= 0.3 is 0 Å². The van der Waals surface area contributed by atoms with E-state index < -0.39 is 0 Å². The molecule has 1 nitrogen and oxygen atoms in total. The second-order valence-electron chi connectivity index (χ2n) is 7.61. The first-order valence-corrected chi connectivity index (χ1v) is 8.54. The number of fused-ring (bicyclic) bond motifs is 6. The summed E-state index contributed by atoms with van der Waals surface area (Å²) in [4.78, 5) is 3.65. The fourth-order valence-corrected chi connectivity index (χ4v) is 4.60. The molecule has 0 spiro atoms. The summed E-state index contributed by atoms with van der Waals surface area (Å²) in [6.07, 6.45) is 5.67. The molecule has 1 heterocycles. The van der Waals surface area contributed by atoms with Crippen LogP contribution in [0.4, 0.5) is 0 Å². The molecular weight excluding hydrogens is 278 g/mol. The molecule has 5 rings (SSSR count). The fourth-order valence-electron chi connectivity index (χ4n) is 4.60. The molecule has 0 fully saturated rings. The van der Waals surface area contributed by atoms with Crippen molar-refractivity contribution in [2.24, 2.45) is 0 Å². The molecule has 0 bridgehead atoms. The molecule has 3 aromatic rings. The molecule has 1 aromatic heterocycles. The van der Waals surface area contributed by atoms with Gasteiger partial charge in [0.2, 0.25) is 0 Å². The van der Waals surface area contributed by atoms with Crippen LogP contribution in [0.5, 0.6) is 0 Å². The van der Waals surface area contributed by atoms with Crippen molar-refractivity contribution in [2.75, 3.05) is 0 Å². The minimum atomic E-state index is 0.0766. The third kappa shape index (κ3) is 1.57. The highest BCUT2D eigenvalue weighted by Crippen LogP contribution is 2.50. The topological polar surface area (TPSA) is 15.8 Å². The molecule has 0 aliphatic heterocycles. The zero-order valence-electron chi connectivity index (χ0n) is 13.9. The predicted molar refractivity (Wildman–Crippen MR) is 97.9 cm³/mol. The number of allylic oxidation sites excluding steroid dienone is 1. The Morgan fingerprint density at radius 1 is 1.04 bits per heavy atom. The number of rotatable bonds is 0. The molecule has 0 saturated heterocycles. The van der Waals surface area contributed by atoms with Crippen molar-refractivity contribution in [3.05, 3.63) is 64.9 Å². The van der Waals surface area contributed by atoms with Crippen LogP contribution in [0.2, 0.25) is 0 Å². The van der Waals surface area contributed by atoms with Gasteiger partial charge in [-0.3, -0.25) is 0 Å². The van der Waals surface area contributed by atoms with Crippen LogP contribution in [0.3, 0.4) is 0 Å². The van der Waals surface area contributed by atoms with Gasteiger partial charge in [0.15, 0.2) is 0 Å². The van der Waals surface area contributed by atoms with Crippen molar-refractivity contribution >= 4 is 17.0 Å². The van der Waals surface area contributed by atoms with Crippen LogP contribution in [-0.2, 0) is 5.41 Å². The zero-order chi connectivity index (χ0) is 15.8. The van der Waals surface area contributed by atoms with Gasteiger partial charge in [0.25, 0.3) is 0 Å². The van der Waals surface area contributed by atoms with Crippen LogP contribution < -0.4 is 0 Å². The van der Waals surface area contributed by atoms with Crippen molar-refractivity contribution in [3.8, 4) is 11.1 Å². The standard InChI is InChI=1S/C22H21N/c1-13-7-6-10-19-21(13)16-11-15-14-8-4-5-9-17(14)22(2,3)18(15)12-20(16)23-19/h4-6,8-13,23H,7H2,1-3H3. The first-order chi connectivity index (χ1) is 11.1. The van der Waals surface area contributed by atoms with Gasteiger partial charge in [-0.15, -0.1) is 0 Å². The van der Waals surface area contributed by atoms with Crippen molar-refractivity contribution in [1.29, 1.82) is 0 Å². The molecule has 0 radical (unpaired) electrons. The summed E-state index contributed by atoms with van der Waals surface area (Å²) in [5, 5.41) is 1.41. The van der Waals surface area contributed by atoms with E-state index in [2.05, 4.69) is 74.3 Å². The normalized spacial score (nSPS) is 20.4. The van der Waals surface area contributed by atoms with E-state index in [1.807, 2.05) is 0 Å². The number of nitrogens with one attached hydrogen (secondary N) is 1. The highest BCUT2D eigenvalue weighted by atomic mass is 14.7. The molecule has 2 aliphatic rings. The molecule has 0 saturated carbocycles. The molecule has 2 aromatic carbocycles. The Morgan fingerprint density at radius 2 is 1.87 bits per heavy atom. The average Bonchev–Trinajstić information content (AvgIpc) is 3.01. The van der Waals surface area contributed by atoms with E-state index in [1.54, 1.807) is 0 Å². The summed E-state index contributed by atoms with van der Waals surface area (Å²) in [6.45, 7) is 7.02. The number of hydrogen-bond donors (Lipinski definition) is 1. The molecule has 1 atom stereocenters. The highest BCUT2D eigenvalue weighted by Gasteiger charge is 2.36. The lowest BCUT2D eigenvalue weighted by Crippen LogP contribution is -2.14. The van der Waals surface area contributed by atoms with Gasteiger partial charge in [-0.2, -0.15) is 0 Å². The minimum Gasteiger partial charge on any atom is -0.355 e. The van der Waals surface area contributed by atoms with Gasteiger partial charge in [-0.1, -0.05) is 51.1 Å². The SMILES string of the molecule is CC1CC=Cc2[nH]c3cc4c(cc3c21)-c1ccccc1C4(C)C. The van der Waals surface area contributed by atoms with Gasteiger partial charge in [-0.05, 0) is 58.4 Å². The summed E-state index contributed by atoms with van der Waals surface area (Å²) >= 11 is 0. The Kier molecular flexibility index (Phi) is 2.39. The van der Waals surface area contributed by atoms with Crippen LogP contribution in [-0.4, -0.2) is 4.98 Å². The van der Waals surface area contributed by atoms with E-state index in [0.29, 0.717) is 5.92 Å². The summed E-state index contributed by atoms with van der Waals surface area (Å²) in [5.74, 6) is 0.589. The van der Waals surface area contributed by atoms with E-state index in [4.69, 9.17) is 0 Å². The van der Waals surface area contributed by atoms with Crippen LogP contribution >= 0.6 is 0 Å². The average molecular weight is 299 g/mol. The molecule has 2 aliphatic carbocycles. The fraction of sp³-hybridized carbons (Fsp3) is 0.273. The largest absolute Gasteiger partial charge is 0.355 e. The number of hydrogen-bond acceptors (Lipinski definition) is 0. The van der Waals surface area contributed by atoms with Gasteiger partial charge in [0, 0.05) is 22.0 Å². The van der Waals surface area contributed by atoms with E-state index >= 15 is 0 Å². The summed E-state index contributed by atoms with van der Waals surface area (Å²) < 4.78 is 0. The number of aromatic amines is 1. The van der Waals surface area contributed by atoms with Crippen LogP contribution in [0.1, 0.15) is 55.5 Å². The first kappa shape index (κ1) is 13.2. The Balaban J connectivity index is 1.88. The van der Waals surface area contributed by atoms with Gasteiger partial charge < -0.3 is 4.98 Å². The van der Waals surface area contributed by atoms with E-state index in [9.17, 15) is 0 Å². The summed E-state index contributed by atoms with van der Waals surface area (Å²) in [6, 6.07) is 13.7. The smallest absolute Gasteiger partial charge is 0.0465 e. The monoisotopic (exact) mass is 299 g/mol. The maximum Gasteiger partial charge on any atom is 0.0465 e. The second-order valence-corrected chi connectivity index (χ2v) is 7.61. The number of H-pyrrole nitrogens is 1. The lowest BCUT2D eigenvalue weighted by Gasteiger charge is -2.21. The molecular formula is C22H21N. The van der Waals surface area contributed by atoms with Gasteiger partial charge in [0.1, 0.15) is 0 Å². The molecule has 1 unspecified atom stereocenters. The van der Waals surface area contributed by atoms with E-state index in [0.717, 1.165) is 6.42 Å². The number of benzene rings is 2. The number of aromatic nitrogens is 1. The molecule has 114 valence electrons. The first-order valence-electron chi connectivity index (χ1n) is 8.54. The highest BCUT2D eigenvalue weighted by molar-refractivity contribution is 5.96. The maximum absolute atomic E-state index is 3.65. The summed E-state index contributed by atoms with van der Waals surface area (Å²) in [5.41, 5.74) is 9.87. The Bertz CT molecular complexity index is 985. The lowest BCUT2D eigenvalue weighted by molar-refractivity contribution is 0.661. The predicted octanol–water partition coefficient (Wildman–Crippen LogP) is 5.99. The Morgan fingerprint density at radius 3 is 2.74 bits per heavy atom. The van der Waals surface area contributed by atoms with Crippen molar-refractivity contribution in [1.82, 2.24) is 4.98 Å². The van der Waals surface area contributed by atoms with Crippen molar-refractivity contribution < 1.29 is 0 Å². The third-order valence-electron chi connectivity index (χ3n) is 5.84. The van der Waals surface area contributed by atoms with E-state index in [1.165, 1.54) is 44.4 Å². The minimum absolute atomic E-state index is 0.0766. The van der Waals surface area contributed by atoms with E-state index in [-0.39, 0.29) is 5.41 Å². The zero-order valence-corrected chi connectivity index (χ0v) is 13.9. The van der Waals surface area contributed by atoms with Crippen molar-refractivity contribution in [3.63, 3.8) is 0 Å². The Hall–Kier alpha value is -2.28. The van der Waals surface area contributed by atoms with Crippen molar-refractivity contribution in [2.45, 2.75) is 38.5 Å². The molecule has 23 heavy (non-hydrogen) atoms. The third-order valence-corrected chi connectivity index (χ3v) is 5.84.